The van der Waals surface area contributed by atoms with Crippen LogP contribution in [-0.2, 0) is 32.5 Å². The van der Waals surface area contributed by atoms with Crippen LogP contribution in [0, 0.1) is 17.6 Å². The number of carbonyl (C=O) groups is 3. The fraction of sp³-hybridized carbons (Fsp3) is 0.534. The predicted molar refractivity (Wildman–Crippen MR) is 289 cm³/mol. The van der Waals surface area contributed by atoms with Gasteiger partial charge in [0.15, 0.2) is 5.82 Å². The molecule has 78 heavy (non-hydrogen) atoms. The standard InChI is InChI=1S/C58H68F2N10O8/c1-3-41-44(59)8-6-38-28-40(71)30-42(49(38)41)51-50(60)52-43(31-61-51)53(67-19-5-26-76-27-25-67)64-55(63-52)78-34-58-17-4-20-69(58)39(12-18-58)33-77-57(75)68-23-13-35(14-24-68)32-66-21-15-36(16-22-66)37-7-9-45-47(29-37)65(2)56(74)70(45)46-10-11-48(72)62-54(46)73/h6-9,28-31,35-36,39,46,71H,3-5,10-27,32-34H2,1-2H3,(H,62,72,73)/t39-,46?,58+/m0/s1. The molecule has 0 spiro atoms. The van der Waals surface area contributed by atoms with Gasteiger partial charge >= 0.3 is 17.8 Å². The van der Waals surface area contributed by atoms with Gasteiger partial charge in [0.1, 0.15) is 47.9 Å². The molecular formula is C58H68F2N10O8. The van der Waals surface area contributed by atoms with Crippen LogP contribution in [-0.4, -0.2) is 152 Å². The maximum absolute atomic E-state index is 17.2. The van der Waals surface area contributed by atoms with E-state index in [0.717, 1.165) is 89.5 Å². The second-order valence-corrected chi connectivity index (χ2v) is 22.4. The fourth-order valence-electron chi connectivity index (χ4n) is 13.7. The summed E-state index contributed by atoms with van der Waals surface area (Å²) in [6.07, 6.45) is 10.2. The number of nitrogens with zero attached hydrogens (tertiary/aromatic N) is 9. The number of piperidine rings is 3. The zero-order valence-electron chi connectivity index (χ0n) is 44.5. The molecule has 0 saturated carbocycles. The number of pyridine rings is 1. The van der Waals surface area contributed by atoms with E-state index in [2.05, 4.69) is 37.1 Å². The van der Waals surface area contributed by atoms with Crippen LogP contribution in [0.25, 0.3) is 44.0 Å². The summed E-state index contributed by atoms with van der Waals surface area (Å²) < 4.78 is 54.0. The molecule has 0 bridgehead atoms. The Hall–Kier alpha value is -6.77. The number of carbonyl (C=O) groups excluding carboxylic acids is 3. The lowest BCUT2D eigenvalue weighted by atomic mass is 9.88. The first-order chi connectivity index (χ1) is 37.9. The zero-order chi connectivity index (χ0) is 53.8. The molecule has 3 amide bonds. The first-order valence-electron chi connectivity index (χ1n) is 28.1. The van der Waals surface area contributed by atoms with Crippen molar-refractivity contribution in [3.63, 3.8) is 0 Å². The topological polar surface area (TPSA) is 190 Å². The van der Waals surface area contributed by atoms with Crippen LogP contribution in [0.5, 0.6) is 11.8 Å². The summed E-state index contributed by atoms with van der Waals surface area (Å²) in [6.45, 7) is 9.69. The molecule has 9 heterocycles. The van der Waals surface area contributed by atoms with Crippen molar-refractivity contribution in [1.82, 2.24) is 44.1 Å². The molecule has 3 aromatic heterocycles. The van der Waals surface area contributed by atoms with Crippen LogP contribution in [0.2, 0.25) is 0 Å². The number of imide groups is 1. The lowest BCUT2D eigenvalue weighted by Gasteiger charge is -2.38. The van der Waals surface area contributed by atoms with E-state index in [1.165, 1.54) is 28.3 Å². The minimum Gasteiger partial charge on any atom is -0.508 e. The van der Waals surface area contributed by atoms with E-state index in [9.17, 15) is 24.3 Å². The minimum atomic E-state index is -0.721. The Kier molecular flexibility index (Phi) is 14.3. The van der Waals surface area contributed by atoms with E-state index in [1.807, 2.05) is 17.9 Å². The molecule has 1 unspecified atom stereocenters. The largest absolute Gasteiger partial charge is 0.508 e. The monoisotopic (exact) mass is 1070 g/mol. The quantitative estimate of drug-likeness (QED) is 0.116. The number of rotatable bonds is 12. The third-order valence-electron chi connectivity index (χ3n) is 17.9. The SMILES string of the molecule is CCc1c(F)ccc2cc(O)cc(-c3ncc4c(N5CCCOCC5)nc(OC[C@]56CCCN5[C@H](COC(=O)N5CCC(CN7CCC(c8ccc9c(c8)n(C)c(=O)n9C8CCC(=O)NC8=O)CC7)CC5)CC6)nc4c3F)c12. The number of hydrogen-bond acceptors (Lipinski definition) is 14. The van der Waals surface area contributed by atoms with Gasteiger partial charge in [-0.2, -0.15) is 9.97 Å². The Balaban J connectivity index is 0.658. The van der Waals surface area contributed by atoms with Crippen molar-refractivity contribution < 1.29 is 42.5 Å². The van der Waals surface area contributed by atoms with Gasteiger partial charge in [0.25, 0.3) is 0 Å². The highest BCUT2D eigenvalue weighted by Crippen LogP contribution is 2.44. The highest BCUT2D eigenvalue weighted by Gasteiger charge is 2.50. The summed E-state index contributed by atoms with van der Waals surface area (Å²) in [5.74, 6) is -0.641. The van der Waals surface area contributed by atoms with Gasteiger partial charge in [-0.3, -0.25) is 33.9 Å². The molecule has 6 aliphatic heterocycles. The van der Waals surface area contributed by atoms with Crippen LogP contribution < -0.4 is 20.6 Å². The summed E-state index contributed by atoms with van der Waals surface area (Å²) in [5, 5.41) is 14.6. The number of anilines is 1. The minimum absolute atomic E-state index is 0.0164. The molecule has 412 valence electrons. The molecular weight excluding hydrogens is 1000 g/mol. The van der Waals surface area contributed by atoms with Crippen LogP contribution >= 0.6 is 0 Å². The average Bonchev–Trinajstić information content (AvgIpc) is 4.09. The molecule has 6 saturated heterocycles. The Morgan fingerprint density at radius 3 is 2.54 bits per heavy atom. The number of aromatic nitrogens is 5. The zero-order valence-corrected chi connectivity index (χ0v) is 44.5. The average molecular weight is 1070 g/mol. The summed E-state index contributed by atoms with van der Waals surface area (Å²) in [4.78, 5) is 74.5. The summed E-state index contributed by atoms with van der Waals surface area (Å²) in [7, 11) is 1.74. The molecule has 18 nitrogen and oxygen atoms in total. The number of aromatic hydroxyl groups is 1. The number of fused-ring (bicyclic) bond motifs is 4. The van der Waals surface area contributed by atoms with Gasteiger partial charge in [-0.05, 0) is 154 Å². The fourth-order valence-corrected chi connectivity index (χ4v) is 13.7. The van der Waals surface area contributed by atoms with E-state index < -0.39 is 23.6 Å². The van der Waals surface area contributed by atoms with Crippen molar-refractivity contribution in [2.75, 3.05) is 83.7 Å². The molecule has 0 aliphatic carbocycles. The number of hydrogen-bond donors (Lipinski definition) is 2. The normalized spacial score (nSPS) is 23.1. The second-order valence-electron chi connectivity index (χ2n) is 22.4. The molecule has 6 aliphatic rings. The summed E-state index contributed by atoms with van der Waals surface area (Å²) in [5.41, 5.74) is 2.72. The van der Waals surface area contributed by atoms with Crippen molar-refractivity contribution in [2.45, 2.75) is 108 Å². The van der Waals surface area contributed by atoms with E-state index in [1.54, 1.807) is 23.9 Å². The second kappa shape index (κ2) is 21.5. The van der Waals surface area contributed by atoms with Crippen LogP contribution in [0.3, 0.4) is 0 Å². The lowest BCUT2D eigenvalue weighted by Crippen LogP contribution is -2.48. The van der Waals surface area contributed by atoms with E-state index >= 15 is 8.78 Å². The van der Waals surface area contributed by atoms with Crippen molar-refractivity contribution in [3.05, 3.63) is 81.9 Å². The van der Waals surface area contributed by atoms with Gasteiger partial charge in [-0.1, -0.05) is 19.1 Å². The number of aryl methyl sites for hydroxylation is 2. The highest BCUT2D eigenvalue weighted by atomic mass is 19.1. The number of benzene rings is 3. The van der Waals surface area contributed by atoms with Crippen molar-refractivity contribution in [3.8, 4) is 23.0 Å². The number of imidazole rings is 1. The smallest absolute Gasteiger partial charge is 0.409 e. The summed E-state index contributed by atoms with van der Waals surface area (Å²) >= 11 is 0. The molecule has 0 radical (unpaired) electrons. The van der Waals surface area contributed by atoms with Gasteiger partial charge in [-0.15, -0.1) is 0 Å². The summed E-state index contributed by atoms with van der Waals surface area (Å²) in [6, 6.07) is 11.4. The first kappa shape index (κ1) is 52.0. The third-order valence-corrected chi connectivity index (χ3v) is 17.9. The molecule has 3 atom stereocenters. The van der Waals surface area contributed by atoms with Crippen LogP contribution in [0.1, 0.15) is 101 Å². The van der Waals surface area contributed by atoms with E-state index in [-0.39, 0.29) is 77.4 Å². The number of amides is 3. The number of nitrogens with one attached hydrogen (secondary N) is 1. The number of halogens is 2. The number of phenols is 1. The molecule has 2 N–H and O–H groups in total. The van der Waals surface area contributed by atoms with Crippen molar-refractivity contribution in [1.29, 1.82) is 0 Å². The van der Waals surface area contributed by atoms with Gasteiger partial charge in [-0.25, -0.2) is 18.4 Å². The van der Waals surface area contributed by atoms with E-state index in [4.69, 9.17) is 24.2 Å². The molecule has 6 fully saturated rings. The van der Waals surface area contributed by atoms with Crippen LogP contribution in [0.15, 0.2) is 53.5 Å². The maximum atomic E-state index is 17.2. The predicted octanol–water partition coefficient (Wildman–Crippen LogP) is 7.35. The maximum Gasteiger partial charge on any atom is 0.409 e. The Morgan fingerprint density at radius 2 is 1.73 bits per heavy atom. The Bertz CT molecular complexity index is 3360. The number of phenolic OH excluding ortho intramolecular Hbond substituents is 1. The highest BCUT2D eigenvalue weighted by molar-refractivity contribution is 6.02. The molecule has 3 aromatic carbocycles. The van der Waals surface area contributed by atoms with Gasteiger partial charge in [0.2, 0.25) is 11.8 Å². The number of ether oxygens (including phenoxy) is 3. The molecule has 12 rings (SSSR count). The van der Waals surface area contributed by atoms with Crippen molar-refractivity contribution >= 4 is 56.4 Å². The lowest BCUT2D eigenvalue weighted by molar-refractivity contribution is -0.135. The number of likely N-dealkylation sites (tertiary alicyclic amines) is 2. The van der Waals surface area contributed by atoms with Crippen molar-refractivity contribution in [2.24, 2.45) is 13.0 Å². The Morgan fingerprint density at radius 1 is 0.897 bits per heavy atom. The molecule has 20 heteroatoms. The molecule has 6 aromatic rings. The van der Waals surface area contributed by atoms with Crippen LogP contribution in [0.4, 0.5) is 19.4 Å². The third kappa shape index (κ3) is 9.71. The van der Waals surface area contributed by atoms with Gasteiger partial charge in [0, 0.05) is 70.6 Å². The van der Waals surface area contributed by atoms with Gasteiger partial charge in [0.05, 0.1) is 28.6 Å². The van der Waals surface area contributed by atoms with E-state index in [0.29, 0.717) is 97.1 Å². The van der Waals surface area contributed by atoms with Gasteiger partial charge < -0.3 is 34.0 Å². The first-order valence-corrected chi connectivity index (χ1v) is 28.1. The Labute approximate surface area is 450 Å².